The Morgan fingerprint density at radius 3 is 2.06 bits per heavy atom. The third-order valence-electron chi connectivity index (χ3n) is 10.9. The summed E-state index contributed by atoms with van der Waals surface area (Å²) in [6.45, 7) is 0.0211. The molecule has 0 N–H and O–H groups in total. The van der Waals surface area contributed by atoms with Crippen molar-refractivity contribution >= 4 is 110 Å². The Hall–Kier alpha value is -5.84. The second kappa shape index (κ2) is 8.94. The van der Waals surface area contributed by atoms with Crippen molar-refractivity contribution < 1.29 is 0 Å². The first-order valence-electron chi connectivity index (χ1n) is 16.6. The van der Waals surface area contributed by atoms with Crippen LogP contribution in [0.1, 0.15) is 0 Å². The van der Waals surface area contributed by atoms with Crippen molar-refractivity contribution in [2.75, 3.05) is 4.90 Å². The Morgan fingerprint density at radius 1 is 0.479 bits per heavy atom. The molecule has 0 spiro atoms. The molecule has 220 valence electrons. The molecule has 0 saturated carbocycles. The lowest BCUT2D eigenvalue weighted by Crippen LogP contribution is -2.56. The van der Waals surface area contributed by atoms with Gasteiger partial charge in [0.15, 0.2) is 0 Å². The number of benzene rings is 8. The van der Waals surface area contributed by atoms with E-state index in [1.807, 2.05) is 11.3 Å². The van der Waals surface area contributed by atoms with Crippen LogP contribution >= 0.6 is 11.3 Å². The molecule has 0 fully saturated rings. The van der Waals surface area contributed by atoms with E-state index in [2.05, 4.69) is 161 Å². The van der Waals surface area contributed by atoms with Gasteiger partial charge in [-0.2, -0.15) is 0 Å². The van der Waals surface area contributed by atoms with Crippen LogP contribution in [-0.4, -0.2) is 11.3 Å². The van der Waals surface area contributed by atoms with Crippen molar-refractivity contribution in [3.05, 3.63) is 152 Å². The van der Waals surface area contributed by atoms with E-state index < -0.39 is 0 Å². The third-order valence-corrected chi connectivity index (χ3v) is 12.1. The number of rotatable bonds is 1. The first kappa shape index (κ1) is 25.3. The van der Waals surface area contributed by atoms with E-state index in [1.54, 1.807) is 0 Å². The highest BCUT2D eigenvalue weighted by molar-refractivity contribution is 7.26. The quantitative estimate of drug-likeness (QED) is 0.165. The van der Waals surface area contributed by atoms with Gasteiger partial charge in [-0.1, -0.05) is 127 Å². The molecule has 0 bridgehead atoms. The fourth-order valence-electron chi connectivity index (χ4n) is 9.04. The average Bonchev–Trinajstić information content (AvgIpc) is 3.69. The second-order valence-electron chi connectivity index (χ2n) is 13.2. The van der Waals surface area contributed by atoms with Crippen LogP contribution < -0.4 is 15.8 Å². The number of aromatic nitrogens is 1. The Kier molecular flexibility index (Phi) is 4.71. The molecule has 4 heteroatoms. The zero-order valence-electron chi connectivity index (χ0n) is 25.8. The summed E-state index contributed by atoms with van der Waals surface area (Å²) in [7, 11) is 0. The largest absolute Gasteiger partial charge is 0.375 e. The lowest BCUT2D eigenvalue weighted by atomic mass is 9.45. The fourth-order valence-corrected chi connectivity index (χ4v) is 10.3. The van der Waals surface area contributed by atoms with Crippen LogP contribution in [0.3, 0.4) is 0 Å². The van der Waals surface area contributed by atoms with Crippen molar-refractivity contribution in [2.45, 2.75) is 0 Å². The number of nitrogens with zero attached hydrogens (tertiary/aromatic N) is 2. The van der Waals surface area contributed by atoms with Gasteiger partial charge in [0.05, 0.1) is 21.8 Å². The van der Waals surface area contributed by atoms with Gasteiger partial charge >= 0.3 is 6.85 Å². The smallest absolute Gasteiger partial charge is 0.333 e. The molecular weight excluding hydrogens is 599 g/mol. The molecular formula is C44H25BN2S. The predicted octanol–water partition coefficient (Wildman–Crippen LogP) is 10.9. The molecule has 0 aliphatic carbocycles. The zero-order valence-corrected chi connectivity index (χ0v) is 26.6. The normalized spacial score (nSPS) is 13.3. The second-order valence-corrected chi connectivity index (χ2v) is 14.3. The van der Waals surface area contributed by atoms with Gasteiger partial charge in [0.2, 0.25) is 0 Å². The van der Waals surface area contributed by atoms with Crippen LogP contribution in [0.2, 0.25) is 0 Å². The van der Waals surface area contributed by atoms with E-state index in [9.17, 15) is 0 Å². The molecule has 4 heterocycles. The van der Waals surface area contributed by atoms with Gasteiger partial charge in [0.1, 0.15) is 0 Å². The molecule has 48 heavy (non-hydrogen) atoms. The number of thiophene rings is 1. The van der Waals surface area contributed by atoms with Crippen LogP contribution in [0.4, 0.5) is 17.1 Å². The summed E-state index contributed by atoms with van der Waals surface area (Å²) in [4.78, 5) is 2.64. The van der Waals surface area contributed by atoms with Crippen molar-refractivity contribution in [2.24, 2.45) is 0 Å². The molecule has 0 amide bonds. The minimum atomic E-state index is 0.0211. The van der Waals surface area contributed by atoms with Gasteiger partial charge in [0, 0.05) is 53.6 Å². The summed E-state index contributed by atoms with van der Waals surface area (Å²) in [6, 6.07) is 56.7. The number of anilines is 3. The predicted molar refractivity (Wildman–Crippen MR) is 208 cm³/mol. The van der Waals surface area contributed by atoms with Gasteiger partial charge in [-0.15, -0.1) is 11.3 Å². The van der Waals surface area contributed by atoms with E-state index in [0.717, 1.165) is 0 Å². The maximum Gasteiger partial charge on any atom is 0.333 e. The van der Waals surface area contributed by atoms with Crippen LogP contribution in [-0.2, 0) is 0 Å². The molecule has 0 radical (unpaired) electrons. The van der Waals surface area contributed by atoms with E-state index in [-0.39, 0.29) is 6.85 Å². The number of hydrogen-bond donors (Lipinski definition) is 0. The molecule has 2 nitrogen and oxygen atoms in total. The highest BCUT2D eigenvalue weighted by Gasteiger charge is 2.44. The first-order chi connectivity index (χ1) is 23.8. The Balaban J connectivity index is 1.37. The van der Waals surface area contributed by atoms with E-state index in [1.165, 1.54) is 103 Å². The monoisotopic (exact) mass is 624 g/mol. The summed E-state index contributed by atoms with van der Waals surface area (Å²) < 4.78 is 5.34. The van der Waals surface area contributed by atoms with Gasteiger partial charge in [-0.3, -0.25) is 0 Å². The number of fused-ring (bicyclic) bond motifs is 14. The van der Waals surface area contributed by atoms with Crippen LogP contribution in [0, 0.1) is 0 Å². The lowest BCUT2D eigenvalue weighted by Gasteiger charge is -2.41. The summed E-state index contributed by atoms with van der Waals surface area (Å²) in [5.74, 6) is 0. The van der Waals surface area contributed by atoms with Crippen molar-refractivity contribution in [3.8, 4) is 11.1 Å². The molecule has 0 saturated heterocycles. The Bertz CT molecular complexity index is 3040. The maximum absolute atomic E-state index is 2.67. The van der Waals surface area contributed by atoms with Crippen LogP contribution in [0.5, 0.6) is 0 Å². The molecule has 12 rings (SSSR count). The van der Waals surface area contributed by atoms with Gasteiger partial charge in [-0.05, 0) is 51.5 Å². The minimum absolute atomic E-state index is 0.0211. The fraction of sp³-hybridized carbons (Fsp3) is 0. The minimum Gasteiger partial charge on any atom is -0.375 e. The van der Waals surface area contributed by atoms with Crippen molar-refractivity contribution in [1.29, 1.82) is 0 Å². The molecule has 2 aliphatic rings. The SMILES string of the molecule is c1ccc2c(N3c4c(ccc5ccccc45)B4c5c(cc6c(sc7ccccc76)c53)-c3cccc5c6ccccc6n4c35)cccc2c1. The van der Waals surface area contributed by atoms with Gasteiger partial charge in [0.25, 0.3) is 0 Å². The standard InChI is InChI=1S/C44H25BN2S/c1-3-14-28-26(11-1)13-9-21-37(28)46-42-29-15-4-2-12-27(29)23-24-36(42)45-40-34(25-35-31-17-6-8-22-39(31)48-44(35)43(40)46)33-19-10-18-32-30-16-5-7-20-38(30)47(45)41(32)33/h1-25H. The van der Waals surface area contributed by atoms with E-state index in [0.29, 0.717) is 0 Å². The van der Waals surface area contributed by atoms with E-state index in [4.69, 9.17) is 0 Å². The number of hydrogen-bond acceptors (Lipinski definition) is 2. The maximum atomic E-state index is 2.67. The third kappa shape index (κ3) is 3.01. The summed E-state index contributed by atoms with van der Waals surface area (Å²) in [5.41, 5.74) is 11.8. The summed E-state index contributed by atoms with van der Waals surface area (Å²) >= 11 is 1.93. The molecule has 0 atom stereocenters. The number of para-hydroxylation sites is 2. The molecule has 2 aliphatic heterocycles. The molecule has 0 unspecified atom stereocenters. The first-order valence-corrected chi connectivity index (χ1v) is 17.5. The summed E-state index contributed by atoms with van der Waals surface area (Å²) in [6.07, 6.45) is 0. The van der Waals surface area contributed by atoms with Gasteiger partial charge < -0.3 is 9.38 Å². The molecule has 2 aromatic heterocycles. The topological polar surface area (TPSA) is 8.17 Å². The highest BCUT2D eigenvalue weighted by atomic mass is 32.1. The van der Waals surface area contributed by atoms with Crippen LogP contribution in [0.15, 0.2) is 152 Å². The molecule has 10 aromatic rings. The van der Waals surface area contributed by atoms with Crippen molar-refractivity contribution in [3.63, 3.8) is 0 Å². The average molecular weight is 625 g/mol. The van der Waals surface area contributed by atoms with E-state index >= 15 is 0 Å². The van der Waals surface area contributed by atoms with Crippen molar-refractivity contribution in [1.82, 2.24) is 4.48 Å². The highest BCUT2D eigenvalue weighted by Crippen LogP contribution is 2.52. The lowest BCUT2D eigenvalue weighted by molar-refractivity contribution is 1.28. The van der Waals surface area contributed by atoms with Gasteiger partial charge in [-0.25, -0.2) is 0 Å². The molecule has 8 aromatic carbocycles. The zero-order chi connectivity index (χ0) is 31.1. The Labute approximate surface area is 280 Å². The Morgan fingerprint density at radius 2 is 1.17 bits per heavy atom. The van der Waals surface area contributed by atoms with Crippen LogP contribution in [0.25, 0.3) is 74.6 Å². The summed E-state index contributed by atoms with van der Waals surface area (Å²) in [5, 5.41) is 10.3.